The van der Waals surface area contributed by atoms with E-state index < -0.39 is 5.91 Å². The van der Waals surface area contributed by atoms with Gasteiger partial charge in [0.25, 0.3) is 5.91 Å². The van der Waals surface area contributed by atoms with Crippen LogP contribution in [0, 0.1) is 20.8 Å². The SMILES string of the molecule is COc1ccc(C)c(-n2c(N)c(C(N)=O)c3c(C)nc4c(ncn4C)c32)c1C. The fourth-order valence-electron chi connectivity index (χ4n) is 3.97. The number of carbonyl (C=O) groups excluding carboxylic acids is 1. The maximum Gasteiger partial charge on any atom is 0.253 e. The fraction of sp³-hybridized carbons (Fsp3) is 0.250. The van der Waals surface area contributed by atoms with Gasteiger partial charge in [-0.15, -0.1) is 0 Å². The minimum atomic E-state index is -0.598. The molecule has 0 aliphatic heterocycles. The van der Waals surface area contributed by atoms with E-state index in [4.69, 9.17) is 16.2 Å². The second kappa shape index (κ2) is 5.98. The van der Waals surface area contributed by atoms with Gasteiger partial charge >= 0.3 is 0 Å². The van der Waals surface area contributed by atoms with E-state index in [-0.39, 0.29) is 11.4 Å². The number of benzene rings is 1. The number of methoxy groups -OCH3 is 1. The van der Waals surface area contributed by atoms with Crippen LogP contribution < -0.4 is 16.2 Å². The molecule has 4 N–H and O–H groups in total. The Bertz CT molecular complexity index is 1280. The molecule has 3 heterocycles. The lowest BCUT2D eigenvalue weighted by atomic mass is 10.1. The third kappa shape index (κ3) is 2.20. The predicted octanol–water partition coefficient (Wildman–Crippen LogP) is 2.53. The number of pyridine rings is 1. The third-order valence-electron chi connectivity index (χ3n) is 5.25. The average Bonchev–Trinajstić information content (AvgIpc) is 3.14. The minimum absolute atomic E-state index is 0.258. The zero-order valence-corrected chi connectivity index (χ0v) is 16.5. The van der Waals surface area contributed by atoms with Gasteiger partial charge in [0.2, 0.25) is 0 Å². The molecule has 0 bridgehead atoms. The van der Waals surface area contributed by atoms with Gasteiger partial charge < -0.3 is 20.8 Å². The van der Waals surface area contributed by atoms with Crippen molar-refractivity contribution >= 4 is 33.8 Å². The number of nitrogen functional groups attached to an aromatic ring is 1. The predicted molar refractivity (Wildman–Crippen MR) is 109 cm³/mol. The molecule has 0 spiro atoms. The van der Waals surface area contributed by atoms with E-state index in [1.165, 1.54) is 0 Å². The molecule has 0 aliphatic carbocycles. The molecule has 144 valence electrons. The van der Waals surface area contributed by atoms with Crippen LogP contribution in [0.4, 0.5) is 5.82 Å². The first-order chi connectivity index (χ1) is 13.3. The van der Waals surface area contributed by atoms with E-state index in [9.17, 15) is 4.79 Å². The van der Waals surface area contributed by atoms with E-state index in [1.54, 1.807) is 13.4 Å². The van der Waals surface area contributed by atoms with Crippen molar-refractivity contribution < 1.29 is 9.53 Å². The molecule has 4 aromatic rings. The number of primary amides is 1. The molecule has 8 nitrogen and oxygen atoms in total. The molecule has 1 aromatic carbocycles. The maximum absolute atomic E-state index is 12.3. The topological polar surface area (TPSA) is 114 Å². The summed E-state index contributed by atoms with van der Waals surface area (Å²) in [7, 11) is 3.50. The molecule has 0 atom stereocenters. The van der Waals surface area contributed by atoms with Crippen LogP contribution in [0.3, 0.4) is 0 Å². The van der Waals surface area contributed by atoms with Gasteiger partial charge in [-0.1, -0.05) is 6.07 Å². The number of imidazole rings is 1. The lowest BCUT2D eigenvalue weighted by Crippen LogP contribution is -2.14. The summed E-state index contributed by atoms with van der Waals surface area (Å²) in [5.41, 5.74) is 17.9. The van der Waals surface area contributed by atoms with Crippen LogP contribution in [-0.4, -0.2) is 32.1 Å². The lowest BCUT2D eigenvalue weighted by molar-refractivity contribution is 0.100. The van der Waals surface area contributed by atoms with Gasteiger partial charge in [-0.2, -0.15) is 0 Å². The second-order valence-corrected chi connectivity index (χ2v) is 6.97. The number of fused-ring (bicyclic) bond motifs is 3. The molecule has 0 saturated carbocycles. The number of hydrogen-bond donors (Lipinski definition) is 2. The van der Waals surface area contributed by atoms with Crippen LogP contribution >= 0.6 is 0 Å². The van der Waals surface area contributed by atoms with Crippen molar-refractivity contribution in [3.05, 3.63) is 40.8 Å². The zero-order valence-electron chi connectivity index (χ0n) is 16.5. The number of nitrogens with zero attached hydrogens (tertiary/aromatic N) is 4. The summed E-state index contributed by atoms with van der Waals surface area (Å²) in [5, 5.41) is 0.623. The first-order valence-corrected chi connectivity index (χ1v) is 8.83. The lowest BCUT2D eigenvalue weighted by Gasteiger charge is -2.17. The second-order valence-electron chi connectivity index (χ2n) is 6.97. The first kappa shape index (κ1) is 17.8. The highest BCUT2D eigenvalue weighted by atomic mass is 16.5. The summed E-state index contributed by atoms with van der Waals surface area (Å²) in [5.74, 6) is 0.398. The number of aryl methyl sites for hydroxylation is 3. The number of anilines is 1. The van der Waals surface area contributed by atoms with Crippen molar-refractivity contribution in [3.63, 3.8) is 0 Å². The Hall–Kier alpha value is -3.55. The molecule has 3 aromatic heterocycles. The normalized spacial score (nSPS) is 11.5. The van der Waals surface area contributed by atoms with Crippen molar-refractivity contribution in [1.29, 1.82) is 0 Å². The monoisotopic (exact) mass is 378 g/mol. The van der Waals surface area contributed by atoms with E-state index >= 15 is 0 Å². The van der Waals surface area contributed by atoms with Gasteiger partial charge in [-0.05, 0) is 32.4 Å². The Morgan fingerprint density at radius 3 is 2.57 bits per heavy atom. The van der Waals surface area contributed by atoms with Crippen molar-refractivity contribution in [2.24, 2.45) is 12.8 Å². The van der Waals surface area contributed by atoms with E-state index in [1.807, 2.05) is 49.1 Å². The molecule has 0 radical (unpaired) electrons. The number of nitrogens with two attached hydrogens (primary N) is 2. The Morgan fingerprint density at radius 1 is 1.21 bits per heavy atom. The third-order valence-corrected chi connectivity index (χ3v) is 5.25. The Morgan fingerprint density at radius 2 is 1.93 bits per heavy atom. The Kier molecular flexibility index (Phi) is 3.81. The van der Waals surface area contributed by atoms with Crippen LogP contribution in [-0.2, 0) is 7.05 Å². The zero-order chi connectivity index (χ0) is 20.3. The number of hydrogen-bond acceptors (Lipinski definition) is 5. The van der Waals surface area contributed by atoms with E-state index in [0.29, 0.717) is 27.8 Å². The molecule has 4 rings (SSSR count). The summed E-state index contributed by atoms with van der Waals surface area (Å²) in [6.45, 7) is 5.79. The number of ether oxygens (including phenoxy) is 1. The van der Waals surface area contributed by atoms with Crippen molar-refractivity contribution in [2.75, 3.05) is 12.8 Å². The average molecular weight is 378 g/mol. The van der Waals surface area contributed by atoms with Crippen molar-refractivity contribution in [1.82, 2.24) is 19.1 Å². The van der Waals surface area contributed by atoms with Gasteiger partial charge in [0.15, 0.2) is 5.65 Å². The quantitative estimate of drug-likeness (QED) is 0.568. The molecule has 0 fully saturated rings. The summed E-state index contributed by atoms with van der Waals surface area (Å²) >= 11 is 0. The maximum atomic E-state index is 12.3. The summed E-state index contributed by atoms with van der Waals surface area (Å²) in [6.07, 6.45) is 1.69. The molecular weight excluding hydrogens is 356 g/mol. The number of aromatic nitrogens is 4. The van der Waals surface area contributed by atoms with Gasteiger partial charge in [0.05, 0.1) is 35.9 Å². The van der Waals surface area contributed by atoms with Crippen molar-refractivity contribution in [3.8, 4) is 11.4 Å². The molecule has 28 heavy (non-hydrogen) atoms. The van der Waals surface area contributed by atoms with Crippen LogP contribution in [0.5, 0.6) is 5.75 Å². The highest BCUT2D eigenvalue weighted by Gasteiger charge is 2.27. The van der Waals surface area contributed by atoms with Gasteiger partial charge in [-0.3, -0.25) is 9.36 Å². The largest absolute Gasteiger partial charge is 0.496 e. The smallest absolute Gasteiger partial charge is 0.253 e. The van der Waals surface area contributed by atoms with Gasteiger partial charge in [0, 0.05) is 18.0 Å². The molecule has 1 amide bonds. The number of rotatable bonds is 3. The molecular formula is C20H22N6O2. The fourth-order valence-corrected chi connectivity index (χ4v) is 3.97. The summed E-state index contributed by atoms with van der Waals surface area (Å²) in [4.78, 5) is 21.5. The van der Waals surface area contributed by atoms with Crippen molar-refractivity contribution in [2.45, 2.75) is 20.8 Å². The highest BCUT2D eigenvalue weighted by molar-refractivity contribution is 6.17. The van der Waals surface area contributed by atoms with Crippen LogP contribution in [0.2, 0.25) is 0 Å². The number of amides is 1. The van der Waals surface area contributed by atoms with Crippen LogP contribution in [0.1, 0.15) is 27.2 Å². The van der Waals surface area contributed by atoms with Gasteiger partial charge in [-0.25, -0.2) is 9.97 Å². The van der Waals surface area contributed by atoms with Crippen LogP contribution in [0.15, 0.2) is 18.5 Å². The summed E-state index contributed by atoms with van der Waals surface area (Å²) < 4.78 is 9.20. The Labute approximate surface area is 161 Å². The summed E-state index contributed by atoms with van der Waals surface area (Å²) in [6, 6.07) is 3.87. The van der Waals surface area contributed by atoms with E-state index in [0.717, 1.165) is 22.6 Å². The Balaban J connectivity index is 2.32. The molecule has 0 aliphatic rings. The van der Waals surface area contributed by atoms with E-state index in [2.05, 4.69) is 9.97 Å². The molecule has 8 heteroatoms. The number of carbonyl (C=O) groups is 1. The standard InChI is InChI=1S/C20H22N6O2/c1-9-6-7-12(28-5)10(2)16(9)26-17-13(14(18(26)21)19(22)27)11(3)24-20-15(17)23-8-25(20)4/h6-8H,21H2,1-5H3,(H2,22,27). The first-order valence-electron chi connectivity index (χ1n) is 8.83. The molecule has 0 unspecified atom stereocenters. The minimum Gasteiger partial charge on any atom is -0.496 e. The van der Waals surface area contributed by atoms with Crippen LogP contribution in [0.25, 0.3) is 27.8 Å². The highest BCUT2D eigenvalue weighted by Crippen LogP contribution is 2.39. The molecule has 0 saturated heterocycles. The van der Waals surface area contributed by atoms with Gasteiger partial charge in [0.1, 0.15) is 17.1 Å².